The van der Waals surface area contributed by atoms with Crippen LogP contribution in [-0.4, -0.2) is 37.7 Å². The summed E-state index contributed by atoms with van der Waals surface area (Å²) in [6.07, 6.45) is 0.290. The Morgan fingerprint density at radius 2 is 1.85 bits per heavy atom. The van der Waals surface area contributed by atoms with E-state index < -0.39 is 9.84 Å². The number of carbonyl (C=O) groups is 2. The van der Waals surface area contributed by atoms with Crippen LogP contribution < -0.4 is 4.90 Å². The van der Waals surface area contributed by atoms with Crippen molar-refractivity contribution in [1.82, 2.24) is 0 Å². The molecule has 2 aliphatic heterocycles. The van der Waals surface area contributed by atoms with Gasteiger partial charge in [0.25, 0.3) is 0 Å². The van der Waals surface area contributed by atoms with Crippen molar-refractivity contribution in [2.24, 2.45) is 5.92 Å². The third-order valence-electron chi connectivity index (χ3n) is 4.03. The number of hydrogen-bond donors (Lipinski definition) is 0. The predicted octanol–water partition coefficient (Wildman–Crippen LogP) is 1.04. The van der Waals surface area contributed by atoms with Crippen LogP contribution in [0.25, 0.3) is 0 Å². The van der Waals surface area contributed by atoms with Crippen molar-refractivity contribution in [2.45, 2.75) is 19.4 Å². The first kappa shape index (κ1) is 13.3. The van der Waals surface area contributed by atoms with Gasteiger partial charge in [-0.2, -0.15) is 0 Å². The molecule has 0 spiro atoms. The molecule has 6 heteroatoms. The first-order chi connectivity index (χ1) is 9.37. The summed E-state index contributed by atoms with van der Waals surface area (Å²) in [6, 6.07) is 6.50. The van der Waals surface area contributed by atoms with Gasteiger partial charge in [-0.05, 0) is 31.2 Å². The van der Waals surface area contributed by atoms with Crippen molar-refractivity contribution >= 4 is 27.2 Å². The zero-order valence-corrected chi connectivity index (χ0v) is 11.9. The summed E-state index contributed by atoms with van der Waals surface area (Å²) >= 11 is 0. The van der Waals surface area contributed by atoms with Crippen molar-refractivity contribution in [3.8, 4) is 0 Å². The van der Waals surface area contributed by atoms with Crippen LogP contribution in [0.2, 0.25) is 0 Å². The van der Waals surface area contributed by atoms with Gasteiger partial charge in [0.05, 0.1) is 17.5 Å². The monoisotopic (exact) mass is 293 g/mol. The van der Waals surface area contributed by atoms with E-state index in [1.807, 2.05) is 0 Å². The number of carbonyl (C=O) groups excluding carboxylic acids is 2. The highest BCUT2D eigenvalue weighted by molar-refractivity contribution is 7.91. The third-order valence-corrected chi connectivity index (χ3v) is 5.81. The molecule has 0 radical (unpaired) electrons. The van der Waals surface area contributed by atoms with Crippen LogP contribution in [0.5, 0.6) is 0 Å². The molecule has 0 bridgehead atoms. The Morgan fingerprint density at radius 1 is 1.20 bits per heavy atom. The van der Waals surface area contributed by atoms with Crippen LogP contribution >= 0.6 is 0 Å². The summed E-state index contributed by atoms with van der Waals surface area (Å²) in [5.41, 5.74) is 1.25. The van der Waals surface area contributed by atoms with E-state index in [0.717, 1.165) is 0 Å². The van der Waals surface area contributed by atoms with Crippen molar-refractivity contribution < 1.29 is 18.0 Å². The molecule has 1 aromatic rings. The Balaban J connectivity index is 1.93. The molecular weight excluding hydrogens is 278 g/mol. The van der Waals surface area contributed by atoms with Gasteiger partial charge in [0.15, 0.2) is 15.6 Å². The summed E-state index contributed by atoms with van der Waals surface area (Å²) in [6.45, 7) is 1.48. The second-order valence-corrected chi connectivity index (χ2v) is 7.63. The minimum absolute atomic E-state index is 0.0365. The van der Waals surface area contributed by atoms with Gasteiger partial charge < -0.3 is 4.90 Å². The zero-order valence-electron chi connectivity index (χ0n) is 11.1. The Bertz CT molecular complexity index is 678. The minimum Gasteiger partial charge on any atom is -0.308 e. The summed E-state index contributed by atoms with van der Waals surface area (Å²) in [5.74, 6) is -0.0281. The highest BCUT2D eigenvalue weighted by Crippen LogP contribution is 2.37. The summed E-state index contributed by atoms with van der Waals surface area (Å²) in [7, 11) is -3.04. The predicted molar refractivity (Wildman–Crippen MR) is 74.5 cm³/mol. The van der Waals surface area contributed by atoms with Crippen molar-refractivity contribution in [2.75, 3.05) is 16.4 Å². The van der Waals surface area contributed by atoms with Gasteiger partial charge in [0.2, 0.25) is 5.91 Å². The molecule has 0 aromatic heterocycles. The Labute approximate surface area is 117 Å². The Morgan fingerprint density at radius 3 is 2.45 bits per heavy atom. The smallest absolute Gasteiger partial charge is 0.227 e. The SMILES string of the molecule is CC(=O)c1ccc(N2C(=O)C[C@H]3CS(=O)(=O)C[C@H]32)cc1. The topological polar surface area (TPSA) is 71.5 Å². The Kier molecular flexibility index (Phi) is 2.93. The van der Waals surface area contributed by atoms with Crippen molar-refractivity contribution in [3.63, 3.8) is 0 Å². The van der Waals surface area contributed by atoms with Crippen LogP contribution in [0.1, 0.15) is 23.7 Å². The molecule has 0 N–H and O–H groups in total. The molecule has 2 heterocycles. The number of hydrogen-bond acceptors (Lipinski definition) is 4. The van der Waals surface area contributed by atoms with Crippen LogP contribution in [0.3, 0.4) is 0 Å². The first-order valence-corrected chi connectivity index (χ1v) is 8.33. The van der Waals surface area contributed by atoms with Crippen LogP contribution in [-0.2, 0) is 14.6 Å². The zero-order chi connectivity index (χ0) is 14.5. The second-order valence-electron chi connectivity index (χ2n) is 5.48. The number of anilines is 1. The lowest BCUT2D eigenvalue weighted by Gasteiger charge is -2.23. The maximum absolute atomic E-state index is 12.1. The first-order valence-electron chi connectivity index (χ1n) is 6.51. The molecule has 1 amide bonds. The van der Waals surface area contributed by atoms with Crippen molar-refractivity contribution in [1.29, 1.82) is 0 Å². The molecule has 2 fully saturated rings. The molecule has 5 nitrogen and oxygen atoms in total. The van der Waals surface area contributed by atoms with E-state index in [-0.39, 0.29) is 35.2 Å². The van der Waals surface area contributed by atoms with E-state index in [9.17, 15) is 18.0 Å². The molecule has 0 aliphatic carbocycles. The van der Waals surface area contributed by atoms with Gasteiger partial charge in [0, 0.05) is 23.6 Å². The number of sulfone groups is 1. The quantitative estimate of drug-likeness (QED) is 0.764. The summed E-state index contributed by atoms with van der Waals surface area (Å²) < 4.78 is 23.4. The van der Waals surface area contributed by atoms with E-state index >= 15 is 0 Å². The average Bonchev–Trinajstić information content (AvgIpc) is 2.79. The molecule has 0 unspecified atom stereocenters. The fraction of sp³-hybridized carbons (Fsp3) is 0.429. The third kappa shape index (κ3) is 2.14. The molecule has 20 heavy (non-hydrogen) atoms. The molecule has 2 saturated heterocycles. The molecule has 1 aromatic carbocycles. The average molecular weight is 293 g/mol. The number of amides is 1. The lowest BCUT2D eigenvalue weighted by Crippen LogP contribution is -2.36. The maximum Gasteiger partial charge on any atom is 0.227 e. The molecule has 106 valence electrons. The van der Waals surface area contributed by atoms with Crippen molar-refractivity contribution in [3.05, 3.63) is 29.8 Å². The van der Waals surface area contributed by atoms with E-state index in [1.54, 1.807) is 29.2 Å². The number of nitrogens with zero attached hydrogens (tertiary/aromatic N) is 1. The highest BCUT2D eigenvalue weighted by Gasteiger charge is 2.49. The van der Waals surface area contributed by atoms with E-state index in [2.05, 4.69) is 0 Å². The molecule has 2 aliphatic rings. The van der Waals surface area contributed by atoms with Gasteiger partial charge in [0.1, 0.15) is 0 Å². The standard InChI is InChI=1S/C14H15NO4S/c1-9(16)10-2-4-12(5-3-10)15-13-8-20(18,19)7-11(13)6-14(15)17/h2-5,11,13H,6-8H2,1H3/t11-,13+/m0/s1. The minimum atomic E-state index is -3.04. The number of rotatable bonds is 2. The molecule has 3 rings (SSSR count). The van der Waals surface area contributed by atoms with Crippen LogP contribution in [0, 0.1) is 5.92 Å². The van der Waals surface area contributed by atoms with Crippen LogP contribution in [0.15, 0.2) is 24.3 Å². The van der Waals surface area contributed by atoms with E-state index in [4.69, 9.17) is 0 Å². The van der Waals surface area contributed by atoms with Crippen LogP contribution in [0.4, 0.5) is 5.69 Å². The normalized spacial score (nSPS) is 27.6. The lowest BCUT2D eigenvalue weighted by molar-refractivity contribution is -0.117. The van der Waals surface area contributed by atoms with Gasteiger partial charge in [-0.1, -0.05) is 0 Å². The molecule has 0 saturated carbocycles. The van der Waals surface area contributed by atoms with Gasteiger partial charge >= 0.3 is 0 Å². The fourth-order valence-electron chi connectivity index (χ4n) is 3.08. The van der Waals surface area contributed by atoms with Gasteiger partial charge in [-0.25, -0.2) is 8.42 Å². The summed E-state index contributed by atoms with van der Waals surface area (Å²) in [5, 5.41) is 0. The highest BCUT2D eigenvalue weighted by atomic mass is 32.2. The number of benzene rings is 1. The van der Waals surface area contributed by atoms with Gasteiger partial charge in [-0.3, -0.25) is 9.59 Å². The summed E-state index contributed by atoms with van der Waals surface area (Å²) in [4.78, 5) is 24.9. The molecular formula is C14H15NO4S. The Hall–Kier alpha value is -1.69. The second kappa shape index (κ2) is 4.41. The maximum atomic E-state index is 12.1. The van der Waals surface area contributed by atoms with E-state index in [0.29, 0.717) is 17.7 Å². The van der Waals surface area contributed by atoms with Gasteiger partial charge in [-0.15, -0.1) is 0 Å². The number of fused-ring (bicyclic) bond motifs is 1. The number of Topliss-reactive ketones (excluding diaryl/α,β-unsaturated/α-hetero) is 1. The fourth-order valence-corrected chi connectivity index (χ4v) is 5.15. The number of ketones is 1. The van der Waals surface area contributed by atoms with E-state index in [1.165, 1.54) is 6.92 Å². The molecule has 2 atom stereocenters. The largest absolute Gasteiger partial charge is 0.308 e. The lowest BCUT2D eigenvalue weighted by atomic mass is 10.0.